The smallest absolute Gasteiger partial charge is 0.310 e. The molecule has 2 atom stereocenters. The first-order valence-corrected chi connectivity index (χ1v) is 14.5. The van der Waals surface area contributed by atoms with Gasteiger partial charge in [0.05, 0.1) is 37.5 Å². The minimum absolute atomic E-state index is 0.0199. The second kappa shape index (κ2) is 13.9. The van der Waals surface area contributed by atoms with Gasteiger partial charge in [-0.15, -0.1) is 0 Å². The molecule has 0 saturated carbocycles. The predicted octanol–water partition coefficient (Wildman–Crippen LogP) is 7.80. The van der Waals surface area contributed by atoms with Crippen LogP contribution in [0.1, 0.15) is 29.2 Å². The number of ether oxygens (including phenoxy) is 1. The van der Waals surface area contributed by atoms with Crippen molar-refractivity contribution in [2.75, 3.05) is 26.7 Å². The summed E-state index contributed by atoms with van der Waals surface area (Å²) in [5.74, 6) is -0.336. The molecule has 3 aromatic rings. The molecule has 0 spiro atoms. The molecule has 1 aliphatic heterocycles. The number of rotatable bonds is 11. The van der Waals surface area contributed by atoms with E-state index >= 15 is 0 Å². The number of esters is 1. The van der Waals surface area contributed by atoms with E-state index in [4.69, 9.17) is 51.1 Å². The summed E-state index contributed by atoms with van der Waals surface area (Å²) in [7, 11) is 1.92. The van der Waals surface area contributed by atoms with Crippen LogP contribution in [0.15, 0.2) is 72.9 Å². The Hall–Kier alpha value is -2.81. The Kier molecular flexibility index (Phi) is 10.6. The monoisotopic (exact) mass is 635 g/mol. The quantitative estimate of drug-likeness (QED) is 0.121. The van der Waals surface area contributed by atoms with Crippen LogP contribution in [0.2, 0.25) is 20.1 Å². The fraction of sp³-hybridized carbons (Fsp3) is 0.300. The third-order valence-corrected chi connectivity index (χ3v) is 8.59. The van der Waals surface area contributed by atoms with Gasteiger partial charge in [0.15, 0.2) is 0 Å². The van der Waals surface area contributed by atoms with Crippen molar-refractivity contribution in [3.05, 3.63) is 120 Å². The standard InChI is InChI=1S/C30H29Cl4N3O4/c1-19(12-20-6-8-25(31)27(33)13-20)35(2)29(22-4-3-5-23(16-22)37(39)40)18-36-11-10-24(17-36)41-30(38)15-21-7-9-26(32)28(34)14-21/h3-9,13-14,16,24,29H,1,10-12,15,17-18H2,2H3. The van der Waals surface area contributed by atoms with E-state index in [1.807, 2.05) is 30.1 Å². The normalized spacial score (nSPS) is 15.9. The maximum atomic E-state index is 12.6. The summed E-state index contributed by atoms with van der Waals surface area (Å²) in [5.41, 5.74) is 3.29. The number of nitro benzene ring substituents is 1. The summed E-state index contributed by atoms with van der Waals surface area (Å²) in [4.78, 5) is 28.0. The maximum Gasteiger partial charge on any atom is 0.310 e. The number of likely N-dealkylation sites (tertiary alicyclic amines) is 1. The first-order chi connectivity index (χ1) is 19.5. The van der Waals surface area contributed by atoms with Crippen molar-refractivity contribution in [3.63, 3.8) is 0 Å². The lowest BCUT2D eigenvalue weighted by atomic mass is 10.0. The molecule has 1 aliphatic rings. The largest absolute Gasteiger partial charge is 0.461 e. The second-order valence-electron chi connectivity index (χ2n) is 10.1. The van der Waals surface area contributed by atoms with Crippen molar-refractivity contribution < 1.29 is 14.5 Å². The van der Waals surface area contributed by atoms with Gasteiger partial charge in [0, 0.05) is 50.9 Å². The number of hydrogen-bond acceptors (Lipinski definition) is 6. The van der Waals surface area contributed by atoms with Gasteiger partial charge in [-0.25, -0.2) is 0 Å². The molecule has 1 heterocycles. The Morgan fingerprint density at radius 2 is 1.66 bits per heavy atom. The zero-order chi connectivity index (χ0) is 29.7. The molecule has 0 N–H and O–H groups in total. The number of non-ortho nitro benzene ring substituents is 1. The number of allylic oxidation sites excluding steroid dienone is 1. The number of carbonyl (C=O) groups is 1. The second-order valence-corrected chi connectivity index (χ2v) is 11.7. The van der Waals surface area contributed by atoms with E-state index in [0.717, 1.165) is 22.4 Å². The molecule has 11 heteroatoms. The number of nitro groups is 1. The summed E-state index contributed by atoms with van der Waals surface area (Å²) in [6.07, 6.45) is 1.04. The minimum Gasteiger partial charge on any atom is -0.461 e. The fourth-order valence-electron chi connectivity index (χ4n) is 4.87. The molecule has 7 nitrogen and oxygen atoms in total. The van der Waals surface area contributed by atoms with Gasteiger partial charge >= 0.3 is 5.97 Å². The summed E-state index contributed by atoms with van der Waals surface area (Å²) in [6, 6.07) is 16.9. The molecule has 0 aliphatic carbocycles. The Morgan fingerprint density at radius 3 is 2.27 bits per heavy atom. The highest BCUT2D eigenvalue weighted by Crippen LogP contribution is 2.31. The number of nitrogens with zero attached hydrogens (tertiary/aromatic N) is 3. The van der Waals surface area contributed by atoms with Gasteiger partial charge in [0.25, 0.3) is 5.69 Å². The van der Waals surface area contributed by atoms with Crippen molar-refractivity contribution in [2.45, 2.75) is 31.4 Å². The van der Waals surface area contributed by atoms with Crippen molar-refractivity contribution in [1.29, 1.82) is 0 Å². The molecular formula is C30H29Cl4N3O4. The third kappa shape index (κ3) is 8.37. The van der Waals surface area contributed by atoms with E-state index in [1.54, 1.807) is 36.4 Å². The van der Waals surface area contributed by atoms with Crippen LogP contribution in [0.3, 0.4) is 0 Å². The maximum absolute atomic E-state index is 12.6. The third-order valence-electron chi connectivity index (χ3n) is 7.12. The molecule has 0 aromatic heterocycles. The molecular weight excluding hydrogens is 608 g/mol. The Bertz CT molecular complexity index is 1450. The fourth-order valence-corrected chi connectivity index (χ4v) is 5.52. The number of carbonyl (C=O) groups excluding carboxylic acids is 1. The number of benzene rings is 3. The highest BCUT2D eigenvalue weighted by atomic mass is 35.5. The van der Waals surface area contributed by atoms with E-state index in [1.165, 1.54) is 6.07 Å². The zero-order valence-corrected chi connectivity index (χ0v) is 25.4. The van der Waals surface area contributed by atoms with Gasteiger partial charge < -0.3 is 9.64 Å². The zero-order valence-electron chi connectivity index (χ0n) is 22.4. The van der Waals surface area contributed by atoms with E-state index in [0.29, 0.717) is 52.6 Å². The summed E-state index contributed by atoms with van der Waals surface area (Å²) in [5, 5.41) is 13.3. The molecule has 0 bridgehead atoms. The van der Waals surface area contributed by atoms with E-state index in [2.05, 4.69) is 11.5 Å². The van der Waals surface area contributed by atoms with Gasteiger partial charge in [-0.3, -0.25) is 19.8 Å². The van der Waals surface area contributed by atoms with Crippen molar-refractivity contribution in [2.24, 2.45) is 0 Å². The predicted molar refractivity (Wildman–Crippen MR) is 164 cm³/mol. The lowest BCUT2D eigenvalue weighted by molar-refractivity contribution is -0.385. The number of halogens is 4. The van der Waals surface area contributed by atoms with Gasteiger partial charge in [-0.05, 0) is 47.4 Å². The van der Waals surface area contributed by atoms with Gasteiger partial charge in [-0.1, -0.05) is 77.2 Å². The molecule has 216 valence electrons. The van der Waals surface area contributed by atoms with Gasteiger partial charge in [0.1, 0.15) is 6.10 Å². The molecule has 0 amide bonds. The topological polar surface area (TPSA) is 75.9 Å². The summed E-state index contributed by atoms with van der Waals surface area (Å²) >= 11 is 24.3. The van der Waals surface area contributed by atoms with Crippen LogP contribution in [0.25, 0.3) is 0 Å². The number of hydrogen-bond donors (Lipinski definition) is 0. The van der Waals surface area contributed by atoms with Gasteiger partial charge in [0.2, 0.25) is 0 Å². The molecule has 2 unspecified atom stereocenters. The molecule has 41 heavy (non-hydrogen) atoms. The minimum atomic E-state index is -0.399. The van der Waals surface area contributed by atoms with Crippen molar-refractivity contribution in [3.8, 4) is 0 Å². The van der Waals surface area contributed by atoms with Crippen LogP contribution in [0.5, 0.6) is 0 Å². The summed E-state index contributed by atoms with van der Waals surface area (Å²) in [6.45, 7) is 6.11. The van der Waals surface area contributed by atoms with Crippen molar-refractivity contribution >= 4 is 58.1 Å². The number of likely N-dealkylation sites (N-methyl/N-ethyl adjacent to an activating group) is 1. The lowest BCUT2D eigenvalue weighted by Gasteiger charge is -2.35. The molecule has 0 radical (unpaired) electrons. The Labute approximate surface area is 259 Å². The SMILES string of the molecule is C=C(Cc1ccc(Cl)c(Cl)c1)N(C)C(CN1CCC(OC(=O)Cc2ccc(Cl)c(Cl)c2)C1)c1cccc([N+](=O)[O-])c1. The molecule has 1 saturated heterocycles. The van der Waals surface area contributed by atoms with Gasteiger partial charge in [-0.2, -0.15) is 0 Å². The molecule has 3 aromatic carbocycles. The average molecular weight is 637 g/mol. The van der Waals surface area contributed by atoms with Crippen LogP contribution >= 0.6 is 46.4 Å². The first kappa shape index (κ1) is 31.1. The van der Waals surface area contributed by atoms with Crippen LogP contribution in [-0.4, -0.2) is 53.5 Å². The van der Waals surface area contributed by atoms with Crippen molar-refractivity contribution in [1.82, 2.24) is 9.80 Å². The Balaban J connectivity index is 1.45. The average Bonchev–Trinajstić information content (AvgIpc) is 3.37. The van der Waals surface area contributed by atoms with E-state index < -0.39 is 4.92 Å². The molecule has 1 fully saturated rings. The first-order valence-electron chi connectivity index (χ1n) is 12.9. The highest BCUT2D eigenvalue weighted by molar-refractivity contribution is 6.42. The van der Waals surface area contributed by atoms with Crippen LogP contribution in [0.4, 0.5) is 5.69 Å². The lowest BCUT2D eigenvalue weighted by Crippen LogP contribution is -2.36. The Morgan fingerprint density at radius 1 is 1.02 bits per heavy atom. The van der Waals surface area contributed by atoms with Crippen LogP contribution < -0.4 is 0 Å². The van der Waals surface area contributed by atoms with E-state index in [-0.39, 0.29) is 30.2 Å². The summed E-state index contributed by atoms with van der Waals surface area (Å²) < 4.78 is 5.76. The highest BCUT2D eigenvalue weighted by Gasteiger charge is 2.30. The van der Waals surface area contributed by atoms with Crippen LogP contribution in [0, 0.1) is 10.1 Å². The molecule has 4 rings (SSSR count). The van der Waals surface area contributed by atoms with Crippen LogP contribution in [-0.2, 0) is 22.4 Å². The van der Waals surface area contributed by atoms with E-state index in [9.17, 15) is 14.9 Å².